The van der Waals surface area contributed by atoms with Crippen LogP contribution in [0.4, 0.5) is 0 Å². The van der Waals surface area contributed by atoms with Crippen LogP contribution in [0.1, 0.15) is 26.7 Å². The minimum absolute atomic E-state index is 0.00813. The molecule has 0 aliphatic carbocycles. The van der Waals surface area contributed by atoms with Crippen molar-refractivity contribution in [2.75, 3.05) is 13.2 Å². The third-order valence-electron chi connectivity index (χ3n) is 3.04. The monoisotopic (exact) mass is 270 g/mol. The van der Waals surface area contributed by atoms with E-state index < -0.39 is 0 Å². The molecule has 0 N–H and O–H groups in total. The molecule has 0 radical (unpaired) electrons. The fraction of sp³-hybridized carbons (Fsp3) is 0.615. The van der Waals surface area contributed by atoms with Gasteiger partial charge in [-0.1, -0.05) is 13.8 Å². The average molecular weight is 270 g/mol. The molecule has 1 aliphatic rings. The van der Waals surface area contributed by atoms with Crippen LogP contribution in [0, 0.1) is 5.92 Å². The summed E-state index contributed by atoms with van der Waals surface area (Å²) in [7, 11) is 0. The van der Waals surface area contributed by atoms with Crippen LogP contribution >= 0.6 is 11.3 Å². The standard InChI is InChI=1S/C13H18O4S/c1-3-9(4-2)13(14)16-6-10-5-15-11-7-18-8-12(11)17-10/h7-10H,3-6H2,1-2H3. The van der Waals surface area contributed by atoms with E-state index in [1.54, 1.807) is 0 Å². The maximum absolute atomic E-state index is 11.7. The maximum atomic E-state index is 11.7. The second-order valence-electron chi connectivity index (χ2n) is 4.29. The van der Waals surface area contributed by atoms with Gasteiger partial charge in [0.15, 0.2) is 17.6 Å². The Balaban J connectivity index is 1.80. The van der Waals surface area contributed by atoms with Crippen LogP contribution in [0.25, 0.3) is 0 Å². The zero-order valence-electron chi connectivity index (χ0n) is 10.7. The summed E-state index contributed by atoms with van der Waals surface area (Å²) < 4.78 is 16.5. The summed E-state index contributed by atoms with van der Waals surface area (Å²) in [5.41, 5.74) is 0. The van der Waals surface area contributed by atoms with Crippen molar-refractivity contribution in [1.82, 2.24) is 0 Å². The molecule has 0 amide bonds. The van der Waals surface area contributed by atoms with Gasteiger partial charge in [0.2, 0.25) is 0 Å². The second kappa shape index (κ2) is 6.09. The first-order valence-corrected chi connectivity index (χ1v) is 7.21. The van der Waals surface area contributed by atoms with Gasteiger partial charge in [0, 0.05) is 10.8 Å². The van der Waals surface area contributed by atoms with Gasteiger partial charge < -0.3 is 14.2 Å². The average Bonchev–Trinajstić information content (AvgIpc) is 2.85. The molecule has 1 aromatic heterocycles. The Hall–Kier alpha value is -1.23. The molecule has 1 aliphatic heterocycles. The minimum atomic E-state index is -0.203. The molecule has 0 aromatic carbocycles. The van der Waals surface area contributed by atoms with Gasteiger partial charge in [-0.15, -0.1) is 11.3 Å². The summed E-state index contributed by atoms with van der Waals surface area (Å²) in [5.74, 6) is 1.38. The van der Waals surface area contributed by atoms with E-state index in [2.05, 4.69) is 0 Å². The van der Waals surface area contributed by atoms with Crippen LogP contribution in [-0.2, 0) is 9.53 Å². The van der Waals surface area contributed by atoms with Gasteiger partial charge in [0.25, 0.3) is 0 Å². The van der Waals surface area contributed by atoms with E-state index in [4.69, 9.17) is 14.2 Å². The Morgan fingerprint density at radius 1 is 1.44 bits per heavy atom. The molecule has 0 spiro atoms. The third kappa shape index (κ3) is 2.96. The number of carbonyl (C=O) groups excluding carboxylic acids is 1. The van der Waals surface area contributed by atoms with E-state index in [-0.39, 0.29) is 24.6 Å². The summed E-state index contributed by atoms with van der Waals surface area (Å²) in [5, 5.41) is 3.80. The molecular weight excluding hydrogens is 252 g/mol. The summed E-state index contributed by atoms with van der Waals surface area (Å²) in [6.45, 7) is 4.67. The number of rotatable bonds is 5. The Morgan fingerprint density at radius 3 is 2.89 bits per heavy atom. The number of fused-ring (bicyclic) bond motifs is 1. The van der Waals surface area contributed by atoms with Gasteiger partial charge in [-0.3, -0.25) is 4.79 Å². The van der Waals surface area contributed by atoms with Crippen LogP contribution in [0.2, 0.25) is 0 Å². The SMILES string of the molecule is CCC(CC)C(=O)OCC1COc2cscc2O1. The highest BCUT2D eigenvalue weighted by Crippen LogP contribution is 2.35. The third-order valence-corrected chi connectivity index (χ3v) is 3.74. The van der Waals surface area contributed by atoms with Crippen LogP contribution in [0.15, 0.2) is 10.8 Å². The molecule has 1 unspecified atom stereocenters. The lowest BCUT2D eigenvalue weighted by Crippen LogP contribution is -2.34. The van der Waals surface area contributed by atoms with E-state index in [0.29, 0.717) is 6.61 Å². The van der Waals surface area contributed by atoms with E-state index in [1.807, 2.05) is 24.6 Å². The van der Waals surface area contributed by atoms with Gasteiger partial charge in [-0.2, -0.15) is 0 Å². The molecule has 5 heteroatoms. The molecule has 1 aromatic rings. The quantitative estimate of drug-likeness (QED) is 0.772. The molecule has 2 heterocycles. The largest absolute Gasteiger partial charge is 0.485 e. The van der Waals surface area contributed by atoms with E-state index >= 15 is 0 Å². The molecule has 100 valence electrons. The number of thiophene rings is 1. The Morgan fingerprint density at radius 2 is 2.17 bits per heavy atom. The minimum Gasteiger partial charge on any atom is -0.485 e. The van der Waals surface area contributed by atoms with Crippen molar-refractivity contribution in [2.24, 2.45) is 5.92 Å². The maximum Gasteiger partial charge on any atom is 0.309 e. The summed E-state index contributed by atoms with van der Waals surface area (Å²) >= 11 is 1.54. The number of hydrogen-bond acceptors (Lipinski definition) is 5. The van der Waals surface area contributed by atoms with E-state index in [1.165, 1.54) is 11.3 Å². The van der Waals surface area contributed by atoms with Crippen LogP contribution in [0.5, 0.6) is 11.5 Å². The highest BCUT2D eigenvalue weighted by atomic mass is 32.1. The number of ether oxygens (including phenoxy) is 3. The number of carbonyl (C=O) groups is 1. The first-order chi connectivity index (χ1) is 8.74. The fourth-order valence-electron chi connectivity index (χ4n) is 1.86. The normalized spacial score (nSPS) is 17.8. The number of esters is 1. The molecule has 0 saturated carbocycles. The van der Waals surface area contributed by atoms with Crippen molar-refractivity contribution in [3.63, 3.8) is 0 Å². The summed E-state index contributed by atoms with van der Waals surface area (Å²) in [6.07, 6.45) is 1.42. The van der Waals surface area contributed by atoms with Gasteiger partial charge in [0.05, 0.1) is 5.92 Å². The van der Waals surface area contributed by atoms with Crippen molar-refractivity contribution in [3.8, 4) is 11.5 Å². The van der Waals surface area contributed by atoms with E-state index in [0.717, 1.165) is 24.3 Å². The molecule has 0 bridgehead atoms. The van der Waals surface area contributed by atoms with Gasteiger partial charge in [-0.25, -0.2) is 0 Å². The Bertz CT molecular complexity index is 397. The smallest absolute Gasteiger partial charge is 0.309 e. The first-order valence-electron chi connectivity index (χ1n) is 6.26. The van der Waals surface area contributed by atoms with Crippen LogP contribution < -0.4 is 9.47 Å². The van der Waals surface area contributed by atoms with Gasteiger partial charge >= 0.3 is 5.97 Å². The fourth-order valence-corrected chi connectivity index (χ4v) is 2.53. The van der Waals surface area contributed by atoms with Crippen molar-refractivity contribution in [1.29, 1.82) is 0 Å². The molecule has 18 heavy (non-hydrogen) atoms. The highest BCUT2D eigenvalue weighted by molar-refractivity contribution is 7.08. The van der Waals surface area contributed by atoms with Crippen molar-refractivity contribution >= 4 is 17.3 Å². The zero-order chi connectivity index (χ0) is 13.0. The van der Waals surface area contributed by atoms with Crippen molar-refractivity contribution < 1.29 is 19.0 Å². The zero-order valence-corrected chi connectivity index (χ0v) is 11.5. The van der Waals surface area contributed by atoms with Gasteiger partial charge in [0.1, 0.15) is 13.2 Å². The molecule has 4 nitrogen and oxygen atoms in total. The Labute approximate surface area is 111 Å². The lowest BCUT2D eigenvalue weighted by molar-refractivity contribution is -0.152. The molecule has 1 atom stereocenters. The lowest BCUT2D eigenvalue weighted by atomic mass is 10.0. The molecule has 0 fully saturated rings. The summed E-state index contributed by atoms with van der Waals surface area (Å²) in [6, 6.07) is 0. The van der Waals surface area contributed by atoms with Crippen LogP contribution in [0.3, 0.4) is 0 Å². The van der Waals surface area contributed by atoms with E-state index in [9.17, 15) is 4.79 Å². The summed E-state index contributed by atoms with van der Waals surface area (Å²) in [4.78, 5) is 11.7. The topological polar surface area (TPSA) is 44.8 Å². The molecule has 2 rings (SSSR count). The van der Waals surface area contributed by atoms with Gasteiger partial charge in [-0.05, 0) is 12.8 Å². The number of hydrogen-bond donors (Lipinski definition) is 0. The highest BCUT2D eigenvalue weighted by Gasteiger charge is 2.24. The molecular formula is C13H18O4S. The Kier molecular flexibility index (Phi) is 4.47. The predicted octanol–water partition coefficient (Wildman–Crippen LogP) is 2.87. The van der Waals surface area contributed by atoms with Crippen molar-refractivity contribution in [3.05, 3.63) is 10.8 Å². The lowest BCUT2D eigenvalue weighted by Gasteiger charge is -2.24. The van der Waals surface area contributed by atoms with Crippen LogP contribution in [-0.4, -0.2) is 25.3 Å². The first kappa shape index (κ1) is 13.2. The predicted molar refractivity (Wildman–Crippen MR) is 69.3 cm³/mol. The molecule has 0 saturated heterocycles. The van der Waals surface area contributed by atoms with Crippen molar-refractivity contribution in [2.45, 2.75) is 32.8 Å². The second-order valence-corrected chi connectivity index (χ2v) is 5.04.